The third kappa shape index (κ3) is 2.57. The standard InChI is InChI=1S/C14H18N4O2/c19-8-7-17-4-1-11(2-5-17)12-9-14(20)18-6-3-15-10-13(18)16-12/h3,6,9-11,19H,1-2,4-5,7-8H2. The molecule has 3 rings (SSSR count). The van der Waals surface area contributed by atoms with Crippen molar-refractivity contribution in [2.24, 2.45) is 0 Å². The van der Waals surface area contributed by atoms with Crippen LogP contribution in [0.1, 0.15) is 24.5 Å². The highest BCUT2D eigenvalue weighted by Crippen LogP contribution is 2.25. The van der Waals surface area contributed by atoms with Gasteiger partial charge in [-0.15, -0.1) is 0 Å². The van der Waals surface area contributed by atoms with Crippen LogP contribution in [-0.4, -0.2) is 50.6 Å². The van der Waals surface area contributed by atoms with Crippen LogP contribution in [0.2, 0.25) is 0 Å². The highest BCUT2D eigenvalue weighted by molar-refractivity contribution is 5.35. The van der Waals surface area contributed by atoms with Crippen LogP contribution in [0.3, 0.4) is 0 Å². The summed E-state index contributed by atoms with van der Waals surface area (Å²) in [7, 11) is 0. The topological polar surface area (TPSA) is 70.7 Å². The molecule has 0 amide bonds. The molecule has 0 aromatic carbocycles. The van der Waals surface area contributed by atoms with Crippen molar-refractivity contribution >= 4 is 5.65 Å². The third-order valence-electron chi connectivity index (χ3n) is 3.91. The first-order chi connectivity index (χ1) is 9.78. The second-order valence-corrected chi connectivity index (χ2v) is 5.16. The molecule has 1 saturated heterocycles. The number of piperidine rings is 1. The van der Waals surface area contributed by atoms with Crippen LogP contribution in [0, 0.1) is 0 Å². The average molecular weight is 274 g/mol. The van der Waals surface area contributed by atoms with Crippen molar-refractivity contribution in [3.63, 3.8) is 0 Å². The fourth-order valence-electron chi connectivity index (χ4n) is 2.79. The zero-order valence-corrected chi connectivity index (χ0v) is 11.3. The van der Waals surface area contributed by atoms with E-state index in [1.54, 1.807) is 24.7 Å². The summed E-state index contributed by atoms with van der Waals surface area (Å²) in [5.74, 6) is 0.322. The van der Waals surface area contributed by atoms with Gasteiger partial charge in [-0.05, 0) is 25.9 Å². The van der Waals surface area contributed by atoms with Gasteiger partial charge in [0.2, 0.25) is 0 Å². The fraction of sp³-hybridized carbons (Fsp3) is 0.500. The average Bonchev–Trinajstić information content (AvgIpc) is 2.48. The molecule has 3 heterocycles. The molecule has 1 N–H and O–H groups in total. The van der Waals surface area contributed by atoms with E-state index in [2.05, 4.69) is 14.9 Å². The molecule has 6 heteroatoms. The van der Waals surface area contributed by atoms with Crippen molar-refractivity contribution in [3.8, 4) is 0 Å². The fourth-order valence-corrected chi connectivity index (χ4v) is 2.79. The summed E-state index contributed by atoms with van der Waals surface area (Å²) in [5.41, 5.74) is 1.42. The third-order valence-corrected chi connectivity index (χ3v) is 3.91. The maximum atomic E-state index is 12.1. The first-order valence-corrected chi connectivity index (χ1v) is 6.94. The van der Waals surface area contributed by atoms with Crippen LogP contribution in [0.4, 0.5) is 0 Å². The summed E-state index contributed by atoms with van der Waals surface area (Å²) in [5, 5.41) is 8.95. The number of aliphatic hydroxyl groups is 1. The monoisotopic (exact) mass is 274 g/mol. The van der Waals surface area contributed by atoms with Gasteiger partial charge in [0.1, 0.15) is 0 Å². The van der Waals surface area contributed by atoms with Crippen LogP contribution in [0.5, 0.6) is 0 Å². The molecule has 0 radical (unpaired) electrons. The Morgan fingerprint density at radius 2 is 2.15 bits per heavy atom. The molecule has 106 valence electrons. The zero-order valence-electron chi connectivity index (χ0n) is 11.3. The normalized spacial score (nSPS) is 17.6. The van der Waals surface area contributed by atoms with Gasteiger partial charge in [0.15, 0.2) is 5.65 Å². The first kappa shape index (κ1) is 13.2. The van der Waals surface area contributed by atoms with E-state index in [0.29, 0.717) is 11.6 Å². The molecule has 2 aromatic rings. The van der Waals surface area contributed by atoms with Crippen molar-refractivity contribution in [3.05, 3.63) is 40.7 Å². The van der Waals surface area contributed by atoms with E-state index in [4.69, 9.17) is 5.11 Å². The van der Waals surface area contributed by atoms with Crippen LogP contribution in [0.15, 0.2) is 29.5 Å². The minimum atomic E-state index is -0.0508. The Labute approximate surface area is 116 Å². The molecule has 0 saturated carbocycles. The van der Waals surface area contributed by atoms with Crippen LogP contribution >= 0.6 is 0 Å². The lowest BCUT2D eigenvalue weighted by atomic mass is 9.93. The molecule has 0 aliphatic carbocycles. The molecule has 0 bridgehead atoms. The maximum Gasteiger partial charge on any atom is 0.258 e. The van der Waals surface area contributed by atoms with Gasteiger partial charge in [-0.1, -0.05) is 0 Å². The summed E-state index contributed by atoms with van der Waals surface area (Å²) in [6.07, 6.45) is 6.79. The van der Waals surface area contributed by atoms with Crippen LogP contribution in [-0.2, 0) is 0 Å². The van der Waals surface area contributed by atoms with Gasteiger partial charge in [-0.2, -0.15) is 0 Å². The number of likely N-dealkylation sites (tertiary alicyclic amines) is 1. The van der Waals surface area contributed by atoms with E-state index < -0.39 is 0 Å². The first-order valence-electron chi connectivity index (χ1n) is 6.94. The summed E-state index contributed by atoms with van der Waals surface area (Å²) in [6, 6.07) is 1.64. The van der Waals surface area contributed by atoms with Gasteiger partial charge >= 0.3 is 0 Å². The smallest absolute Gasteiger partial charge is 0.258 e. The molecule has 1 aliphatic heterocycles. The second-order valence-electron chi connectivity index (χ2n) is 5.16. The SMILES string of the molecule is O=c1cc(C2CCN(CCO)CC2)nc2cnccn12. The highest BCUT2D eigenvalue weighted by Gasteiger charge is 2.22. The predicted octanol–water partition coefficient (Wildman–Crippen LogP) is 0.261. The zero-order chi connectivity index (χ0) is 13.9. The lowest BCUT2D eigenvalue weighted by Gasteiger charge is -2.31. The van der Waals surface area contributed by atoms with E-state index in [0.717, 1.165) is 38.2 Å². The van der Waals surface area contributed by atoms with Gasteiger partial charge in [0, 0.05) is 30.9 Å². The van der Waals surface area contributed by atoms with Gasteiger partial charge in [-0.3, -0.25) is 14.2 Å². The minimum Gasteiger partial charge on any atom is -0.395 e. The van der Waals surface area contributed by atoms with Crippen molar-refractivity contribution in [2.75, 3.05) is 26.2 Å². The van der Waals surface area contributed by atoms with Gasteiger partial charge in [0.25, 0.3) is 5.56 Å². The Balaban J connectivity index is 1.83. The Kier molecular flexibility index (Phi) is 3.75. The van der Waals surface area contributed by atoms with Crippen molar-refractivity contribution < 1.29 is 5.11 Å². The number of nitrogens with zero attached hydrogens (tertiary/aromatic N) is 4. The van der Waals surface area contributed by atoms with Gasteiger partial charge in [-0.25, -0.2) is 4.98 Å². The molecule has 0 spiro atoms. The lowest BCUT2D eigenvalue weighted by Crippen LogP contribution is -2.35. The molecular formula is C14H18N4O2. The number of β-amino-alcohol motifs (C(OH)–C–C–N with tert-alkyl or cyclic N) is 1. The quantitative estimate of drug-likeness (QED) is 0.869. The molecule has 2 aromatic heterocycles. The van der Waals surface area contributed by atoms with E-state index in [1.807, 2.05) is 0 Å². The molecule has 20 heavy (non-hydrogen) atoms. The Morgan fingerprint density at radius 3 is 2.90 bits per heavy atom. The number of aromatic nitrogens is 3. The largest absolute Gasteiger partial charge is 0.395 e. The molecule has 0 atom stereocenters. The van der Waals surface area contributed by atoms with Crippen LogP contribution in [0.25, 0.3) is 5.65 Å². The Hall–Kier alpha value is -1.79. The van der Waals surface area contributed by atoms with Gasteiger partial charge < -0.3 is 10.0 Å². The molecule has 0 unspecified atom stereocenters. The van der Waals surface area contributed by atoms with Crippen molar-refractivity contribution in [2.45, 2.75) is 18.8 Å². The Morgan fingerprint density at radius 1 is 1.35 bits per heavy atom. The number of aliphatic hydroxyl groups excluding tert-OH is 1. The number of hydrogen-bond acceptors (Lipinski definition) is 5. The van der Waals surface area contributed by atoms with E-state index >= 15 is 0 Å². The number of rotatable bonds is 3. The molecular weight excluding hydrogens is 256 g/mol. The van der Waals surface area contributed by atoms with Crippen molar-refractivity contribution in [1.29, 1.82) is 0 Å². The lowest BCUT2D eigenvalue weighted by molar-refractivity contribution is 0.163. The van der Waals surface area contributed by atoms with Crippen LogP contribution < -0.4 is 5.56 Å². The van der Waals surface area contributed by atoms with Crippen molar-refractivity contribution in [1.82, 2.24) is 19.3 Å². The maximum absolute atomic E-state index is 12.1. The Bertz CT molecular complexity index is 647. The van der Waals surface area contributed by atoms with E-state index in [9.17, 15) is 4.79 Å². The number of fused-ring (bicyclic) bond motifs is 1. The second kappa shape index (κ2) is 5.68. The summed E-state index contributed by atoms with van der Waals surface area (Å²) in [4.78, 5) is 22.9. The molecule has 1 fully saturated rings. The summed E-state index contributed by atoms with van der Waals surface area (Å²) >= 11 is 0. The minimum absolute atomic E-state index is 0.0508. The summed E-state index contributed by atoms with van der Waals surface area (Å²) in [6.45, 7) is 2.81. The summed E-state index contributed by atoms with van der Waals surface area (Å²) < 4.78 is 1.51. The van der Waals surface area contributed by atoms with E-state index in [-0.39, 0.29) is 12.2 Å². The molecule has 6 nitrogen and oxygen atoms in total. The predicted molar refractivity (Wildman–Crippen MR) is 74.8 cm³/mol. The highest BCUT2D eigenvalue weighted by atomic mass is 16.3. The van der Waals surface area contributed by atoms with E-state index in [1.165, 1.54) is 4.40 Å². The number of hydrogen-bond donors (Lipinski definition) is 1. The molecule has 1 aliphatic rings. The van der Waals surface area contributed by atoms with Gasteiger partial charge in [0.05, 0.1) is 18.5 Å².